The number of likely N-dealkylation sites (tertiary alicyclic amines) is 2. The number of carbonyl (C=O) groups excluding carboxylic acids is 2. The number of alkyl halides is 3. The number of amides is 2. The molecule has 3 heterocycles. The summed E-state index contributed by atoms with van der Waals surface area (Å²) in [6, 6.07) is 14.2. The number of halogens is 4. The fourth-order valence-electron chi connectivity index (χ4n) is 7.41. The lowest BCUT2D eigenvalue weighted by atomic mass is 9.71. The van der Waals surface area contributed by atoms with E-state index in [1.165, 1.54) is 5.56 Å². The molecule has 0 bridgehead atoms. The fourth-order valence-corrected chi connectivity index (χ4v) is 7.62. The Hall–Kier alpha value is -4.02. The minimum absolute atomic E-state index is 0.0302. The van der Waals surface area contributed by atoms with E-state index in [2.05, 4.69) is 32.3 Å². The quantitative estimate of drug-likeness (QED) is 0.244. The molecule has 1 atom stereocenters. The number of piperidine rings is 2. The van der Waals surface area contributed by atoms with E-state index in [0.717, 1.165) is 85.7 Å². The number of aryl methyl sites for hydroxylation is 1. The van der Waals surface area contributed by atoms with Crippen LogP contribution < -0.4 is 5.32 Å². The Kier molecular flexibility index (Phi) is 8.42. The molecule has 7 rings (SSSR count). The van der Waals surface area contributed by atoms with E-state index in [9.17, 15) is 22.8 Å². The molecule has 1 spiro atoms. The van der Waals surface area contributed by atoms with Gasteiger partial charge in [-0.25, -0.2) is 0 Å². The van der Waals surface area contributed by atoms with Gasteiger partial charge in [0.1, 0.15) is 0 Å². The Bertz CT molecular complexity index is 1830. The first kappa shape index (κ1) is 31.6. The van der Waals surface area contributed by atoms with Gasteiger partial charge in [0.15, 0.2) is 0 Å². The van der Waals surface area contributed by atoms with E-state index in [1.807, 2.05) is 29.2 Å². The summed E-state index contributed by atoms with van der Waals surface area (Å²) < 4.78 is 39.8. The number of nitrogens with zero attached hydrogens (tertiary/aromatic N) is 4. The van der Waals surface area contributed by atoms with Crippen LogP contribution in [-0.2, 0) is 19.1 Å². The van der Waals surface area contributed by atoms with Crippen LogP contribution >= 0.6 is 11.6 Å². The molecular formula is C36H35ClF3N5O2. The third kappa shape index (κ3) is 6.58. The Morgan fingerprint density at radius 1 is 0.894 bits per heavy atom. The van der Waals surface area contributed by atoms with Crippen molar-refractivity contribution in [1.29, 1.82) is 0 Å². The average molecular weight is 662 g/mol. The molecule has 1 aliphatic carbocycles. The minimum atomic E-state index is -4.59. The van der Waals surface area contributed by atoms with Gasteiger partial charge in [-0.2, -0.15) is 13.2 Å². The highest BCUT2D eigenvalue weighted by Crippen LogP contribution is 2.42. The molecule has 2 fully saturated rings. The zero-order valence-corrected chi connectivity index (χ0v) is 26.6. The lowest BCUT2D eigenvalue weighted by Gasteiger charge is -2.47. The maximum atomic E-state index is 13.6. The monoisotopic (exact) mass is 661 g/mol. The van der Waals surface area contributed by atoms with Crippen molar-refractivity contribution in [3.63, 3.8) is 0 Å². The molecule has 11 heteroatoms. The number of nitrogens with one attached hydrogen (secondary N) is 1. The van der Waals surface area contributed by atoms with E-state index >= 15 is 0 Å². The van der Waals surface area contributed by atoms with Crippen LogP contribution in [0.4, 0.5) is 13.2 Å². The highest BCUT2D eigenvalue weighted by Gasteiger charge is 2.39. The molecule has 244 valence electrons. The SMILES string of the molecule is O=C(NC1CCc2ccc(C(=O)N3CCC4(CCN(Cc5ccc6nccnc6c5)CC4)CC3)cc21)c1cc(C(F)(F)F)ccc1Cl. The van der Waals surface area contributed by atoms with Gasteiger partial charge in [-0.3, -0.25) is 24.5 Å². The molecule has 2 saturated heterocycles. The van der Waals surface area contributed by atoms with Gasteiger partial charge < -0.3 is 10.2 Å². The number of hydrogen-bond acceptors (Lipinski definition) is 5. The largest absolute Gasteiger partial charge is 0.416 e. The molecule has 2 aliphatic heterocycles. The summed E-state index contributed by atoms with van der Waals surface area (Å²) in [4.78, 5) is 39.9. The Balaban J connectivity index is 0.952. The summed E-state index contributed by atoms with van der Waals surface area (Å²) in [5.74, 6) is -0.702. The molecule has 7 nitrogen and oxygen atoms in total. The summed E-state index contributed by atoms with van der Waals surface area (Å²) in [6.07, 6.45) is 4.29. The topological polar surface area (TPSA) is 78.4 Å². The predicted octanol–water partition coefficient (Wildman–Crippen LogP) is 7.24. The van der Waals surface area contributed by atoms with E-state index in [4.69, 9.17) is 11.6 Å². The van der Waals surface area contributed by atoms with Gasteiger partial charge in [-0.15, -0.1) is 0 Å². The predicted molar refractivity (Wildman–Crippen MR) is 173 cm³/mol. The second-order valence-electron chi connectivity index (χ2n) is 13.1. The second-order valence-corrected chi connectivity index (χ2v) is 13.5. The molecule has 4 aromatic rings. The molecule has 1 unspecified atom stereocenters. The Labute approximate surface area is 276 Å². The van der Waals surface area contributed by atoms with Gasteiger partial charge in [0.05, 0.1) is 33.2 Å². The Morgan fingerprint density at radius 2 is 1.62 bits per heavy atom. The van der Waals surface area contributed by atoms with Gasteiger partial charge in [-0.1, -0.05) is 23.7 Å². The zero-order valence-electron chi connectivity index (χ0n) is 25.8. The fraction of sp³-hybridized carbons (Fsp3) is 0.389. The van der Waals surface area contributed by atoms with E-state index in [-0.39, 0.29) is 21.9 Å². The van der Waals surface area contributed by atoms with Crippen molar-refractivity contribution in [3.05, 3.63) is 105 Å². The number of rotatable bonds is 5. The second kappa shape index (κ2) is 12.5. The first-order chi connectivity index (χ1) is 22.6. The standard InChI is InChI=1S/C36H35ClF3N5O2/c37-29-6-5-26(36(38,39)40)21-28(29)33(46)43-30-8-4-24-2-3-25(20-27(24)30)34(47)45-17-11-35(12-18-45)9-15-44(16-10-35)22-23-1-7-31-32(19-23)42-14-13-41-31/h1-3,5-7,13-14,19-21,30H,4,8-12,15-18,22H2,(H,43,46). The highest BCUT2D eigenvalue weighted by molar-refractivity contribution is 6.33. The molecule has 0 radical (unpaired) electrons. The maximum Gasteiger partial charge on any atom is 0.416 e. The van der Waals surface area contributed by atoms with E-state index in [1.54, 1.807) is 12.4 Å². The molecule has 3 aromatic carbocycles. The highest BCUT2D eigenvalue weighted by atomic mass is 35.5. The van der Waals surface area contributed by atoms with Crippen LogP contribution in [0.2, 0.25) is 5.02 Å². The number of hydrogen-bond donors (Lipinski definition) is 1. The molecule has 3 aliphatic rings. The lowest BCUT2D eigenvalue weighted by Crippen LogP contribution is -2.48. The van der Waals surface area contributed by atoms with Gasteiger partial charge in [0.25, 0.3) is 11.8 Å². The Morgan fingerprint density at radius 3 is 2.36 bits per heavy atom. The van der Waals surface area contributed by atoms with Gasteiger partial charge in [0, 0.05) is 37.6 Å². The number of carbonyl (C=O) groups is 2. The maximum absolute atomic E-state index is 13.6. The van der Waals surface area contributed by atoms with Crippen molar-refractivity contribution >= 4 is 34.4 Å². The third-order valence-electron chi connectivity index (χ3n) is 10.3. The van der Waals surface area contributed by atoms with Crippen molar-refractivity contribution in [2.45, 2.75) is 57.3 Å². The van der Waals surface area contributed by atoms with Crippen LogP contribution in [0.1, 0.15) is 81.1 Å². The lowest BCUT2D eigenvalue weighted by molar-refractivity contribution is -0.137. The number of aromatic nitrogens is 2. The number of benzene rings is 3. The molecule has 1 N–H and O–H groups in total. The van der Waals surface area contributed by atoms with Crippen LogP contribution in [-0.4, -0.2) is 57.8 Å². The van der Waals surface area contributed by atoms with Crippen molar-refractivity contribution in [2.75, 3.05) is 26.2 Å². The van der Waals surface area contributed by atoms with Crippen molar-refractivity contribution in [1.82, 2.24) is 25.1 Å². The summed E-state index contributed by atoms with van der Waals surface area (Å²) in [7, 11) is 0. The first-order valence-electron chi connectivity index (χ1n) is 16.1. The van der Waals surface area contributed by atoms with Crippen molar-refractivity contribution in [2.24, 2.45) is 5.41 Å². The van der Waals surface area contributed by atoms with Crippen molar-refractivity contribution < 1.29 is 22.8 Å². The first-order valence-corrected chi connectivity index (χ1v) is 16.5. The summed E-state index contributed by atoms with van der Waals surface area (Å²) in [5.41, 5.74) is 4.56. The molecule has 1 aromatic heterocycles. The van der Waals surface area contributed by atoms with Crippen LogP contribution in [0.3, 0.4) is 0 Å². The third-order valence-corrected chi connectivity index (χ3v) is 10.6. The van der Waals surface area contributed by atoms with Crippen LogP contribution in [0, 0.1) is 5.41 Å². The minimum Gasteiger partial charge on any atom is -0.345 e. The van der Waals surface area contributed by atoms with Gasteiger partial charge in [0.2, 0.25) is 0 Å². The summed E-state index contributed by atoms with van der Waals surface area (Å²) in [5, 5.41) is 2.81. The van der Waals surface area contributed by atoms with Crippen LogP contribution in [0.15, 0.2) is 67.0 Å². The van der Waals surface area contributed by atoms with E-state index in [0.29, 0.717) is 31.5 Å². The van der Waals surface area contributed by atoms with E-state index < -0.39 is 23.7 Å². The molecule has 2 amide bonds. The van der Waals surface area contributed by atoms with Gasteiger partial charge >= 0.3 is 6.18 Å². The molecule has 0 saturated carbocycles. The molecule has 47 heavy (non-hydrogen) atoms. The van der Waals surface area contributed by atoms with Gasteiger partial charge in [-0.05, 0) is 116 Å². The number of fused-ring (bicyclic) bond motifs is 2. The average Bonchev–Trinajstić information content (AvgIpc) is 3.47. The summed E-state index contributed by atoms with van der Waals surface area (Å²) in [6.45, 7) is 4.34. The molecular weight excluding hydrogens is 627 g/mol. The van der Waals surface area contributed by atoms with Crippen LogP contribution in [0.5, 0.6) is 0 Å². The summed E-state index contributed by atoms with van der Waals surface area (Å²) >= 11 is 6.11. The normalized spacial score (nSPS) is 19.6. The van der Waals surface area contributed by atoms with Crippen LogP contribution in [0.25, 0.3) is 11.0 Å². The van der Waals surface area contributed by atoms with Crippen molar-refractivity contribution in [3.8, 4) is 0 Å². The zero-order chi connectivity index (χ0) is 32.8. The smallest absolute Gasteiger partial charge is 0.345 e.